The highest BCUT2D eigenvalue weighted by Gasteiger charge is 2.15. The van der Waals surface area contributed by atoms with Crippen LogP contribution in [0.15, 0.2) is 68.6 Å². The molecule has 16 heteroatoms. The van der Waals surface area contributed by atoms with Gasteiger partial charge >= 0.3 is 0 Å². The maximum atomic E-state index is 12.3. The molecule has 0 aliphatic carbocycles. The van der Waals surface area contributed by atoms with Gasteiger partial charge < -0.3 is 10.8 Å². The molecule has 0 aromatic heterocycles. The normalized spacial score (nSPS) is 12.1. The number of hydrogen-bond donors (Lipinski definition) is 4. The summed E-state index contributed by atoms with van der Waals surface area (Å²) in [5.41, 5.74) is 6.94. The number of azo groups is 1. The zero-order valence-electron chi connectivity index (χ0n) is 16.9. The summed E-state index contributed by atoms with van der Waals surface area (Å²) in [6.07, 6.45) is 0. The van der Waals surface area contributed by atoms with E-state index in [0.29, 0.717) is 33.4 Å². The fraction of sp³-hybridized carbons (Fsp3) is 0.111. The lowest BCUT2D eigenvalue weighted by Gasteiger charge is -2.09. The van der Waals surface area contributed by atoms with Crippen molar-refractivity contribution in [2.24, 2.45) is 10.2 Å². The molecule has 0 aliphatic rings. The van der Waals surface area contributed by atoms with E-state index in [1.165, 1.54) is 30.3 Å². The summed E-state index contributed by atoms with van der Waals surface area (Å²) in [4.78, 5) is 0.440. The summed E-state index contributed by atoms with van der Waals surface area (Å²) in [6, 6.07) is 11.8. The Kier molecular flexibility index (Phi) is 9.42. The van der Waals surface area contributed by atoms with Gasteiger partial charge in [-0.3, -0.25) is 4.18 Å². The third-order valence-corrected chi connectivity index (χ3v) is 6.88. The average molecular weight is 532 g/mol. The predicted molar refractivity (Wildman–Crippen MR) is 122 cm³/mol. The number of phenols is 1. The molecular weight excluding hydrogens is 514 g/mol. The maximum absolute atomic E-state index is 12.3. The Morgan fingerprint density at radius 2 is 1.68 bits per heavy atom. The van der Waals surface area contributed by atoms with Gasteiger partial charge in [0.2, 0.25) is 0 Å². The minimum atomic E-state index is -3.64. The molecule has 0 atom stereocenters. The number of anilines is 1. The summed E-state index contributed by atoms with van der Waals surface area (Å²) >= 11 is 0.943. The van der Waals surface area contributed by atoms with Gasteiger partial charge in [0.25, 0.3) is 0 Å². The van der Waals surface area contributed by atoms with Gasteiger partial charge in [0.05, 0.1) is 40.7 Å². The molecular formula is C18H17N3O10S3. The molecule has 5 N–H and O–H groups in total. The molecule has 0 bridgehead atoms. The van der Waals surface area contributed by atoms with E-state index >= 15 is 0 Å². The highest BCUT2D eigenvalue weighted by molar-refractivity contribution is 7.94. The Hall–Kier alpha value is -2.51. The van der Waals surface area contributed by atoms with E-state index in [-0.39, 0.29) is 46.7 Å². The minimum absolute atomic E-state index is 0.0433. The molecule has 0 radical (unpaired) electrons. The number of rotatable bonds is 12. The van der Waals surface area contributed by atoms with Crippen LogP contribution in [0.5, 0.6) is 5.75 Å². The molecule has 0 heterocycles. The first-order chi connectivity index (χ1) is 16.4. The van der Waals surface area contributed by atoms with Crippen LogP contribution in [0.1, 0.15) is 0 Å². The Bertz CT molecular complexity index is 1260. The molecule has 0 saturated carbocycles. The SMILES string of the molecule is Nc1ccc2c(O)cc(SOOO)cc2c1N=Nc1ccc(S(=O)(=O)CCOSOOO)cc1. The van der Waals surface area contributed by atoms with Crippen LogP contribution in [0.25, 0.3) is 10.8 Å². The highest BCUT2D eigenvalue weighted by Crippen LogP contribution is 2.40. The summed E-state index contributed by atoms with van der Waals surface area (Å²) < 4.78 is 37.8. The largest absolute Gasteiger partial charge is 0.507 e. The second-order valence-corrected chi connectivity index (χ2v) is 9.70. The summed E-state index contributed by atoms with van der Waals surface area (Å²) in [5.74, 6) is -0.415. The van der Waals surface area contributed by atoms with E-state index in [9.17, 15) is 13.5 Å². The van der Waals surface area contributed by atoms with Gasteiger partial charge in [-0.1, -0.05) is 10.1 Å². The van der Waals surface area contributed by atoms with Crippen LogP contribution in [0.3, 0.4) is 0 Å². The molecule has 3 aromatic carbocycles. The smallest absolute Gasteiger partial charge is 0.197 e. The van der Waals surface area contributed by atoms with Gasteiger partial charge in [-0.15, -0.1) is 13.8 Å². The second kappa shape index (κ2) is 12.3. The molecule has 0 saturated heterocycles. The molecule has 0 spiro atoms. The molecule has 34 heavy (non-hydrogen) atoms. The zero-order chi connectivity index (χ0) is 24.6. The van der Waals surface area contributed by atoms with Crippen LogP contribution in [0.4, 0.5) is 17.1 Å². The lowest BCUT2D eigenvalue weighted by atomic mass is 10.1. The van der Waals surface area contributed by atoms with Gasteiger partial charge in [0.15, 0.2) is 22.2 Å². The Labute approximate surface area is 201 Å². The van der Waals surface area contributed by atoms with Crippen molar-refractivity contribution in [3.8, 4) is 5.75 Å². The zero-order valence-corrected chi connectivity index (χ0v) is 19.4. The Morgan fingerprint density at radius 1 is 0.941 bits per heavy atom. The van der Waals surface area contributed by atoms with Crippen LogP contribution in [-0.2, 0) is 32.8 Å². The molecule has 0 amide bonds. The van der Waals surface area contributed by atoms with Crippen LogP contribution in [-0.4, -0.2) is 36.4 Å². The van der Waals surface area contributed by atoms with E-state index < -0.39 is 9.84 Å². The number of nitrogens with two attached hydrogens (primary N) is 1. The maximum Gasteiger partial charge on any atom is 0.197 e. The predicted octanol–water partition coefficient (Wildman–Crippen LogP) is 4.75. The Balaban J connectivity index is 1.80. The topological polar surface area (TPSA) is 192 Å². The molecule has 3 rings (SSSR count). The van der Waals surface area contributed by atoms with E-state index in [1.807, 2.05) is 0 Å². The van der Waals surface area contributed by atoms with Crippen molar-refractivity contribution in [3.05, 3.63) is 48.5 Å². The number of fused-ring (bicyclic) bond motifs is 1. The van der Waals surface area contributed by atoms with Crippen molar-refractivity contribution in [2.45, 2.75) is 9.79 Å². The quantitative estimate of drug-likeness (QED) is 0.0625. The molecule has 0 aliphatic heterocycles. The van der Waals surface area contributed by atoms with Gasteiger partial charge in [-0.05, 0) is 48.5 Å². The standard InChI is InChI=1S/C18H17N3O10S3/c19-16-6-5-14-15(9-12(10-17(14)22)32-30-28-23)18(16)21-20-11-1-3-13(4-2-11)34(25,26)8-7-27-33-31-29-24/h1-6,9-10,22-24H,7-8,19H2. The molecule has 0 fully saturated rings. The van der Waals surface area contributed by atoms with Crippen LogP contribution in [0.2, 0.25) is 0 Å². The molecule has 182 valence electrons. The monoisotopic (exact) mass is 531 g/mol. The van der Waals surface area contributed by atoms with Crippen molar-refractivity contribution in [1.29, 1.82) is 0 Å². The number of benzene rings is 3. The van der Waals surface area contributed by atoms with Crippen molar-refractivity contribution in [3.63, 3.8) is 0 Å². The van der Waals surface area contributed by atoms with Gasteiger partial charge in [-0.2, -0.15) is 5.11 Å². The first-order valence-electron chi connectivity index (χ1n) is 9.06. The highest BCUT2D eigenvalue weighted by atomic mass is 32.2. The number of hydrogen-bond acceptors (Lipinski definition) is 15. The van der Waals surface area contributed by atoms with Crippen LogP contribution >= 0.6 is 24.4 Å². The number of sulfone groups is 1. The van der Waals surface area contributed by atoms with E-state index in [1.54, 1.807) is 18.2 Å². The van der Waals surface area contributed by atoms with Crippen molar-refractivity contribution in [1.82, 2.24) is 0 Å². The van der Waals surface area contributed by atoms with E-state index in [0.717, 1.165) is 0 Å². The summed E-state index contributed by atoms with van der Waals surface area (Å²) in [7, 11) is -3.64. The third kappa shape index (κ3) is 6.76. The molecule has 0 unspecified atom stereocenters. The van der Waals surface area contributed by atoms with Gasteiger partial charge in [0.1, 0.15) is 11.4 Å². The molecule has 13 nitrogen and oxygen atoms in total. The van der Waals surface area contributed by atoms with Crippen molar-refractivity contribution >= 4 is 62.0 Å². The van der Waals surface area contributed by atoms with E-state index in [2.05, 4.69) is 29.0 Å². The van der Waals surface area contributed by atoms with Gasteiger partial charge in [0, 0.05) is 15.7 Å². The number of phenolic OH excluding ortho intramolecular Hbond substituents is 1. The summed E-state index contributed by atoms with van der Waals surface area (Å²) in [5, 5.41) is 42.7. The van der Waals surface area contributed by atoms with Gasteiger partial charge in [-0.25, -0.2) is 18.9 Å². The first-order valence-corrected chi connectivity index (χ1v) is 12.1. The number of nitrogen functional groups attached to an aromatic ring is 1. The first kappa shape index (κ1) is 26.1. The van der Waals surface area contributed by atoms with E-state index in [4.69, 9.17) is 20.4 Å². The lowest BCUT2D eigenvalue weighted by Crippen LogP contribution is -2.10. The van der Waals surface area contributed by atoms with Crippen molar-refractivity contribution in [2.75, 3.05) is 18.1 Å². The lowest BCUT2D eigenvalue weighted by molar-refractivity contribution is -0.434. The van der Waals surface area contributed by atoms with Crippen molar-refractivity contribution < 1.29 is 47.0 Å². The van der Waals surface area contributed by atoms with Crippen LogP contribution < -0.4 is 5.73 Å². The Morgan fingerprint density at radius 3 is 2.38 bits per heavy atom. The number of aromatic hydroxyl groups is 1. The number of nitrogens with zero attached hydrogens (tertiary/aromatic N) is 2. The third-order valence-electron chi connectivity index (χ3n) is 4.25. The summed E-state index contributed by atoms with van der Waals surface area (Å²) in [6.45, 7) is -0.208. The average Bonchev–Trinajstić information content (AvgIpc) is 2.82. The van der Waals surface area contributed by atoms with Crippen LogP contribution in [0, 0.1) is 0 Å². The molecule has 3 aromatic rings. The fourth-order valence-electron chi connectivity index (χ4n) is 2.76. The fourth-order valence-corrected chi connectivity index (χ4v) is 4.61. The minimum Gasteiger partial charge on any atom is -0.507 e. The second-order valence-electron chi connectivity index (χ2n) is 6.31.